The highest BCUT2D eigenvalue weighted by Gasteiger charge is 2.11. The Balaban J connectivity index is 2.23. The lowest BCUT2D eigenvalue weighted by atomic mass is 10.1. The van der Waals surface area contributed by atoms with E-state index in [1.54, 1.807) is 0 Å². The molecule has 1 aromatic carbocycles. The maximum absolute atomic E-state index is 6.05. The lowest BCUT2D eigenvalue weighted by Crippen LogP contribution is -2.32. The van der Waals surface area contributed by atoms with Gasteiger partial charge in [0.2, 0.25) is 0 Å². The highest BCUT2D eigenvalue weighted by molar-refractivity contribution is 6.30. The summed E-state index contributed by atoms with van der Waals surface area (Å²) in [6, 6.07) is 8.51. The van der Waals surface area contributed by atoms with Gasteiger partial charge in [0, 0.05) is 24.2 Å². The number of likely N-dealkylation sites (N-methyl/N-ethyl adjacent to an activating group) is 1. The van der Waals surface area contributed by atoms with Crippen LogP contribution in [0.4, 0.5) is 0 Å². The quantitative estimate of drug-likeness (QED) is 0.707. The van der Waals surface area contributed by atoms with Gasteiger partial charge in [-0.3, -0.25) is 4.90 Å². The van der Waals surface area contributed by atoms with Crippen LogP contribution in [0.3, 0.4) is 0 Å². The van der Waals surface area contributed by atoms with Crippen LogP contribution in [0, 0.1) is 0 Å². The van der Waals surface area contributed by atoms with Gasteiger partial charge in [-0.1, -0.05) is 23.7 Å². The molecule has 0 spiro atoms. The van der Waals surface area contributed by atoms with Crippen LogP contribution in [0.25, 0.3) is 0 Å². The molecular formula is C16H28ClN3. The molecule has 0 heterocycles. The Hall–Kier alpha value is -0.610. The Bertz CT molecular complexity index is 382. The number of halogens is 1. The van der Waals surface area contributed by atoms with Crippen molar-refractivity contribution >= 4 is 11.6 Å². The second kappa shape index (κ2) is 9.35. The summed E-state index contributed by atoms with van der Waals surface area (Å²) < 4.78 is 0. The zero-order chi connectivity index (χ0) is 15.0. The molecule has 3 nitrogen and oxygen atoms in total. The first-order valence-corrected chi connectivity index (χ1v) is 7.69. The maximum atomic E-state index is 6.05. The molecular weight excluding hydrogens is 270 g/mol. The van der Waals surface area contributed by atoms with Gasteiger partial charge in [0.25, 0.3) is 0 Å². The van der Waals surface area contributed by atoms with E-state index in [4.69, 9.17) is 11.6 Å². The minimum absolute atomic E-state index is 0.386. The van der Waals surface area contributed by atoms with Gasteiger partial charge in [0.15, 0.2) is 0 Å². The summed E-state index contributed by atoms with van der Waals surface area (Å²) in [5.74, 6) is 0. The van der Waals surface area contributed by atoms with Crippen molar-refractivity contribution in [1.29, 1.82) is 0 Å². The fourth-order valence-electron chi connectivity index (χ4n) is 2.12. The van der Waals surface area contributed by atoms with Crippen molar-refractivity contribution in [3.8, 4) is 0 Å². The molecule has 0 amide bonds. The maximum Gasteiger partial charge on any atom is 0.0409 e. The van der Waals surface area contributed by atoms with Gasteiger partial charge < -0.3 is 10.2 Å². The molecule has 20 heavy (non-hydrogen) atoms. The summed E-state index contributed by atoms with van der Waals surface area (Å²) in [6.45, 7) is 6.50. The summed E-state index contributed by atoms with van der Waals surface area (Å²) in [7, 11) is 6.38. The van der Waals surface area contributed by atoms with Crippen LogP contribution in [0.15, 0.2) is 24.3 Å². The topological polar surface area (TPSA) is 18.5 Å². The number of rotatable bonds is 9. The molecule has 0 fully saturated rings. The van der Waals surface area contributed by atoms with Gasteiger partial charge >= 0.3 is 0 Å². The van der Waals surface area contributed by atoms with E-state index in [0.717, 1.165) is 31.2 Å². The molecule has 0 saturated heterocycles. The number of benzene rings is 1. The van der Waals surface area contributed by atoms with Gasteiger partial charge in [-0.05, 0) is 65.3 Å². The molecule has 4 heteroatoms. The van der Waals surface area contributed by atoms with E-state index in [0.29, 0.717) is 6.04 Å². The zero-order valence-electron chi connectivity index (χ0n) is 13.2. The van der Waals surface area contributed by atoms with Crippen LogP contribution in [-0.2, 0) is 0 Å². The number of hydrogen-bond donors (Lipinski definition) is 1. The van der Waals surface area contributed by atoms with Gasteiger partial charge in [0.05, 0.1) is 0 Å². The molecule has 114 valence electrons. The number of nitrogens with zero attached hydrogens (tertiary/aromatic N) is 2. The van der Waals surface area contributed by atoms with Gasteiger partial charge in [-0.25, -0.2) is 0 Å². The predicted molar refractivity (Wildman–Crippen MR) is 88.5 cm³/mol. The fraction of sp³-hybridized carbons (Fsp3) is 0.625. The highest BCUT2D eigenvalue weighted by atomic mass is 35.5. The molecule has 0 aliphatic rings. The minimum atomic E-state index is 0.386. The van der Waals surface area contributed by atoms with E-state index in [-0.39, 0.29) is 0 Å². The number of nitrogens with one attached hydrogen (secondary N) is 1. The molecule has 1 unspecified atom stereocenters. The summed E-state index contributed by atoms with van der Waals surface area (Å²) in [4.78, 5) is 4.57. The second-order valence-electron chi connectivity index (χ2n) is 5.62. The average molecular weight is 298 g/mol. The monoisotopic (exact) mass is 297 g/mol. The van der Waals surface area contributed by atoms with Gasteiger partial charge in [-0.15, -0.1) is 0 Å². The molecule has 0 aliphatic heterocycles. The highest BCUT2D eigenvalue weighted by Crippen LogP contribution is 2.21. The molecule has 0 aliphatic carbocycles. The molecule has 0 saturated carbocycles. The predicted octanol–water partition coefficient (Wildman–Crippen LogP) is 2.87. The van der Waals surface area contributed by atoms with Crippen LogP contribution < -0.4 is 5.32 Å². The van der Waals surface area contributed by atoms with E-state index in [1.165, 1.54) is 12.0 Å². The first kappa shape index (κ1) is 17.4. The Morgan fingerprint density at radius 1 is 1.15 bits per heavy atom. The molecule has 0 radical (unpaired) electrons. The van der Waals surface area contributed by atoms with E-state index < -0.39 is 0 Å². The first-order chi connectivity index (χ1) is 9.50. The van der Waals surface area contributed by atoms with Crippen molar-refractivity contribution in [2.24, 2.45) is 0 Å². The molecule has 1 N–H and O–H groups in total. The fourth-order valence-corrected chi connectivity index (χ4v) is 2.31. The van der Waals surface area contributed by atoms with Crippen molar-refractivity contribution in [1.82, 2.24) is 15.1 Å². The Morgan fingerprint density at radius 2 is 1.90 bits per heavy atom. The summed E-state index contributed by atoms with van der Waals surface area (Å²) in [5, 5.41) is 4.30. The minimum Gasteiger partial charge on any atom is -0.315 e. The van der Waals surface area contributed by atoms with Crippen LogP contribution in [0.5, 0.6) is 0 Å². The first-order valence-electron chi connectivity index (χ1n) is 7.32. The molecule has 0 bridgehead atoms. The normalized spacial score (nSPS) is 13.2. The van der Waals surface area contributed by atoms with Crippen molar-refractivity contribution in [3.63, 3.8) is 0 Å². The summed E-state index contributed by atoms with van der Waals surface area (Å²) >= 11 is 6.05. The third kappa shape index (κ3) is 6.71. The van der Waals surface area contributed by atoms with Gasteiger partial charge in [0.1, 0.15) is 0 Å². The molecule has 1 atom stereocenters. The van der Waals surface area contributed by atoms with Gasteiger partial charge in [-0.2, -0.15) is 0 Å². The SMILES string of the molecule is CC(c1cccc(Cl)c1)N(C)CCNCCCN(C)C. The van der Waals surface area contributed by atoms with E-state index in [2.05, 4.69) is 49.2 Å². The summed E-state index contributed by atoms with van der Waals surface area (Å²) in [5.41, 5.74) is 1.27. The van der Waals surface area contributed by atoms with E-state index in [1.807, 2.05) is 18.2 Å². The van der Waals surface area contributed by atoms with Crippen molar-refractivity contribution in [2.45, 2.75) is 19.4 Å². The van der Waals surface area contributed by atoms with E-state index >= 15 is 0 Å². The standard InChI is InChI=1S/C16H28ClN3/c1-14(15-7-5-8-16(17)13-15)20(4)12-10-18-9-6-11-19(2)3/h5,7-8,13-14,18H,6,9-12H2,1-4H3. The Morgan fingerprint density at radius 3 is 2.55 bits per heavy atom. The average Bonchev–Trinajstić information content (AvgIpc) is 2.41. The summed E-state index contributed by atoms with van der Waals surface area (Å²) in [6.07, 6.45) is 1.20. The zero-order valence-corrected chi connectivity index (χ0v) is 14.0. The van der Waals surface area contributed by atoms with Crippen molar-refractivity contribution in [3.05, 3.63) is 34.9 Å². The van der Waals surface area contributed by atoms with Crippen LogP contribution in [-0.4, -0.2) is 57.1 Å². The van der Waals surface area contributed by atoms with Crippen molar-refractivity contribution < 1.29 is 0 Å². The Kier molecular flexibility index (Phi) is 8.15. The van der Waals surface area contributed by atoms with Crippen LogP contribution >= 0.6 is 11.6 Å². The third-order valence-electron chi connectivity index (χ3n) is 3.59. The molecule has 1 rings (SSSR count). The van der Waals surface area contributed by atoms with Crippen molar-refractivity contribution in [2.75, 3.05) is 47.3 Å². The lowest BCUT2D eigenvalue weighted by Gasteiger charge is -2.25. The van der Waals surface area contributed by atoms with Crippen LogP contribution in [0.2, 0.25) is 5.02 Å². The number of hydrogen-bond acceptors (Lipinski definition) is 3. The molecule has 1 aromatic rings. The van der Waals surface area contributed by atoms with Crippen LogP contribution in [0.1, 0.15) is 24.9 Å². The second-order valence-corrected chi connectivity index (χ2v) is 6.05. The third-order valence-corrected chi connectivity index (χ3v) is 3.83. The lowest BCUT2D eigenvalue weighted by molar-refractivity contribution is 0.260. The van der Waals surface area contributed by atoms with E-state index in [9.17, 15) is 0 Å². The molecule has 0 aromatic heterocycles. The smallest absolute Gasteiger partial charge is 0.0409 e. The Labute approximate surface area is 128 Å². The largest absolute Gasteiger partial charge is 0.315 e.